The number of nitrogens with zero attached hydrogens (tertiary/aromatic N) is 2. The van der Waals surface area contributed by atoms with Gasteiger partial charge in [0, 0.05) is 13.0 Å². The average Bonchev–Trinajstić information content (AvgIpc) is 2.26. The quantitative estimate of drug-likeness (QED) is 0.619. The molecule has 5 nitrogen and oxygen atoms in total. The van der Waals surface area contributed by atoms with Crippen LogP contribution in [0.25, 0.3) is 0 Å². The zero-order valence-corrected chi connectivity index (χ0v) is 11.0. The summed E-state index contributed by atoms with van der Waals surface area (Å²) >= 11 is 1.19. The van der Waals surface area contributed by atoms with Crippen molar-refractivity contribution in [3.8, 4) is 0 Å². The Kier molecular flexibility index (Phi) is 5.37. The molecule has 0 amide bonds. The summed E-state index contributed by atoms with van der Waals surface area (Å²) in [6.45, 7) is 4.40. The molecule has 0 aliphatic rings. The van der Waals surface area contributed by atoms with Crippen LogP contribution in [0.3, 0.4) is 0 Å². The van der Waals surface area contributed by atoms with E-state index in [2.05, 4.69) is 9.97 Å². The zero-order chi connectivity index (χ0) is 12.8. The fourth-order valence-electron chi connectivity index (χ4n) is 1.18. The molecule has 0 saturated heterocycles. The van der Waals surface area contributed by atoms with Gasteiger partial charge in [-0.2, -0.15) is 0 Å². The third-order valence-electron chi connectivity index (χ3n) is 1.93. The van der Waals surface area contributed by atoms with Gasteiger partial charge in [0.2, 0.25) is 0 Å². The van der Waals surface area contributed by atoms with Crippen LogP contribution in [-0.2, 0) is 16.1 Å². The van der Waals surface area contributed by atoms with Crippen molar-refractivity contribution in [1.29, 1.82) is 0 Å². The lowest BCUT2D eigenvalue weighted by molar-refractivity contribution is -0.133. The molecule has 0 aliphatic carbocycles. The molecule has 1 aromatic heterocycles. The molecule has 94 valence electrons. The van der Waals surface area contributed by atoms with Gasteiger partial charge in [-0.05, 0) is 6.07 Å². The Balaban J connectivity index is 2.90. The molecule has 0 radical (unpaired) electrons. The van der Waals surface area contributed by atoms with Gasteiger partial charge >= 0.3 is 5.97 Å². The third-order valence-corrected chi connectivity index (χ3v) is 2.82. The second-order valence-corrected chi connectivity index (χ2v) is 4.82. The van der Waals surface area contributed by atoms with Crippen LogP contribution in [0.1, 0.15) is 31.3 Å². The van der Waals surface area contributed by atoms with E-state index in [0.717, 1.165) is 5.69 Å². The zero-order valence-electron chi connectivity index (χ0n) is 10.1. The van der Waals surface area contributed by atoms with E-state index in [0.29, 0.717) is 17.5 Å². The van der Waals surface area contributed by atoms with Gasteiger partial charge in [0.1, 0.15) is 10.9 Å². The van der Waals surface area contributed by atoms with Gasteiger partial charge in [0.15, 0.2) is 0 Å². The van der Waals surface area contributed by atoms with Crippen molar-refractivity contribution in [3.05, 3.63) is 17.6 Å². The highest BCUT2D eigenvalue weighted by Crippen LogP contribution is 2.19. The summed E-state index contributed by atoms with van der Waals surface area (Å²) in [7, 11) is 1.60. The number of thioether (sulfide) groups is 1. The molecular weight excluding hydrogens is 240 g/mol. The Morgan fingerprint density at radius 3 is 2.76 bits per heavy atom. The lowest BCUT2D eigenvalue weighted by Crippen LogP contribution is -2.05. The maximum absolute atomic E-state index is 10.5. The van der Waals surface area contributed by atoms with Crippen molar-refractivity contribution in [3.63, 3.8) is 0 Å². The maximum atomic E-state index is 10.5. The van der Waals surface area contributed by atoms with E-state index in [-0.39, 0.29) is 11.7 Å². The Morgan fingerprint density at radius 1 is 1.53 bits per heavy atom. The number of rotatable bonds is 6. The SMILES string of the molecule is COCc1cc(SCC(=O)O)nc(C(C)C)n1. The number of methoxy groups -OCH3 is 1. The molecule has 1 aromatic rings. The summed E-state index contributed by atoms with van der Waals surface area (Å²) in [5, 5.41) is 9.32. The summed E-state index contributed by atoms with van der Waals surface area (Å²) in [5.74, 6) is 0.0671. The van der Waals surface area contributed by atoms with Crippen molar-refractivity contribution in [2.24, 2.45) is 0 Å². The van der Waals surface area contributed by atoms with Gasteiger partial charge < -0.3 is 9.84 Å². The molecule has 17 heavy (non-hydrogen) atoms. The molecule has 0 bridgehead atoms. The van der Waals surface area contributed by atoms with Crippen LogP contribution in [0, 0.1) is 0 Å². The first-order valence-corrected chi connectivity index (χ1v) is 6.23. The topological polar surface area (TPSA) is 72.3 Å². The Morgan fingerprint density at radius 2 is 2.24 bits per heavy atom. The largest absolute Gasteiger partial charge is 0.481 e. The Bertz CT molecular complexity index is 396. The average molecular weight is 256 g/mol. The highest BCUT2D eigenvalue weighted by atomic mass is 32.2. The van der Waals surface area contributed by atoms with E-state index in [9.17, 15) is 4.79 Å². The number of aromatic nitrogens is 2. The minimum Gasteiger partial charge on any atom is -0.481 e. The van der Waals surface area contributed by atoms with Crippen molar-refractivity contribution >= 4 is 17.7 Å². The standard InChI is InChI=1S/C11H16N2O3S/c1-7(2)11-12-8(5-16-3)4-9(13-11)17-6-10(14)15/h4,7H,5-6H2,1-3H3,(H,14,15). The van der Waals surface area contributed by atoms with E-state index >= 15 is 0 Å². The molecule has 0 fully saturated rings. The molecule has 0 aliphatic heterocycles. The highest BCUT2D eigenvalue weighted by Gasteiger charge is 2.09. The minimum atomic E-state index is -0.854. The number of ether oxygens (including phenoxy) is 1. The predicted molar refractivity (Wildman–Crippen MR) is 65.2 cm³/mol. The molecule has 1 rings (SSSR count). The molecule has 1 heterocycles. The van der Waals surface area contributed by atoms with Gasteiger partial charge in [0.25, 0.3) is 0 Å². The van der Waals surface area contributed by atoms with Gasteiger partial charge in [0.05, 0.1) is 18.1 Å². The first-order chi connectivity index (χ1) is 8.02. The Hall–Kier alpha value is -1.14. The smallest absolute Gasteiger partial charge is 0.313 e. The maximum Gasteiger partial charge on any atom is 0.313 e. The molecule has 0 saturated carbocycles. The third kappa shape index (κ3) is 4.70. The van der Waals surface area contributed by atoms with Crippen molar-refractivity contribution in [2.45, 2.75) is 31.4 Å². The molecule has 0 spiro atoms. The Labute approximate surface area is 105 Å². The molecule has 0 atom stereocenters. The number of aliphatic carboxylic acids is 1. The summed E-state index contributed by atoms with van der Waals surface area (Å²) < 4.78 is 5.03. The first kappa shape index (κ1) is 13.9. The summed E-state index contributed by atoms with van der Waals surface area (Å²) in [5.41, 5.74) is 0.777. The normalized spacial score (nSPS) is 10.8. The number of hydrogen-bond donors (Lipinski definition) is 1. The van der Waals surface area contributed by atoms with Crippen LogP contribution in [0.2, 0.25) is 0 Å². The van der Waals surface area contributed by atoms with Gasteiger partial charge in [-0.25, -0.2) is 9.97 Å². The lowest BCUT2D eigenvalue weighted by Gasteiger charge is -2.08. The fourth-order valence-corrected chi connectivity index (χ4v) is 1.83. The summed E-state index contributed by atoms with van der Waals surface area (Å²) in [6, 6.07) is 1.77. The van der Waals surface area contributed by atoms with Crippen LogP contribution in [0.5, 0.6) is 0 Å². The van der Waals surface area contributed by atoms with Crippen LogP contribution >= 0.6 is 11.8 Å². The second-order valence-electron chi connectivity index (χ2n) is 3.83. The van der Waals surface area contributed by atoms with Crippen molar-refractivity contribution in [2.75, 3.05) is 12.9 Å². The van der Waals surface area contributed by atoms with E-state index in [4.69, 9.17) is 9.84 Å². The summed E-state index contributed by atoms with van der Waals surface area (Å²) in [6.07, 6.45) is 0. The number of carbonyl (C=O) groups is 1. The van der Waals surface area contributed by atoms with E-state index < -0.39 is 5.97 Å². The van der Waals surface area contributed by atoms with Crippen LogP contribution in [-0.4, -0.2) is 33.9 Å². The predicted octanol–water partition coefficient (Wildman–Crippen LogP) is 1.92. The van der Waals surface area contributed by atoms with Gasteiger partial charge in [-0.3, -0.25) is 4.79 Å². The second kappa shape index (κ2) is 6.56. The monoisotopic (exact) mass is 256 g/mol. The number of carboxylic acid groups (broad SMARTS) is 1. The van der Waals surface area contributed by atoms with Crippen LogP contribution < -0.4 is 0 Å². The minimum absolute atomic E-state index is 0.000963. The van der Waals surface area contributed by atoms with Crippen molar-refractivity contribution < 1.29 is 14.6 Å². The number of hydrogen-bond acceptors (Lipinski definition) is 5. The molecule has 1 N–H and O–H groups in total. The number of carboxylic acids is 1. The molecule has 0 unspecified atom stereocenters. The lowest BCUT2D eigenvalue weighted by atomic mass is 10.2. The van der Waals surface area contributed by atoms with Crippen LogP contribution in [0.4, 0.5) is 0 Å². The van der Waals surface area contributed by atoms with E-state index in [1.807, 2.05) is 13.8 Å². The fraction of sp³-hybridized carbons (Fsp3) is 0.545. The van der Waals surface area contributed by atoms with Crippen LogP contribution in [0.15, 0.2) is 11.1 Å². The molecule has 6 heteroatoms. The van der Waals surface area contributed by atoms with E-state index in [1.165, 1.54) is 11.8 Å². The highest BCUT2D eigenvalue weighted by molar-refractivity contribution is 7.99. The van der Waals surface area contributed by atoms with Gasteiger partial charge in [-0.1, -0.05) is 25.6 Å². The van der Waals surface area contributed by atoms with Gasteiger partial charge in [-0.15, -0.1) is 0 Å². The van der Waals surface area contributed by atoms with E-state index in [1.54, 1.807) is 13.2 Å². The van der Waals surface area contributed by atoms with Crippen molar-refractivity contribution in [1.82, 2.24) is 9.97 Å². The molecule has 0 aromatic carbocycles. The molecular formula is C11H16N2O3S. The first-order valence-electron chi connectivity index (χ1n) is 5.24. The summed E-state index contributed by atoms with van der Waals surface area (Å²) in [4.78, 5) is 19.2.